The molecule has 0 atom stereocenters. The molecule has 0 heterocycles. The lowest BCUT2D eigenvalue weighted by Gasteiger charge is -2.07. The first-order valence-electron chi connectivity index (χ1n) is 6.21. The van der Waals surface area contributed by atoms with Gasteiger partial charge in [0.1, 0.15) is 0 Å². The molecule has 8 heteroatoms. The molecule has 0 radical (unpaired) electrons. The van der Waals surface area contributed by atoms with Gasteiger partial charge < -0.3 is 5.32 Å². The highest BCUT2D eigenvalue weighted by Crippen LogP contribution is 2.25. The highest BCUT2D eigenvalue weighted by molar-refractivity contribution is 14.1. The van der Waals surface area contributed by atoms with Crippen LogP contribution in [0, 0.1) is 17.3 Å². The minimum Gasteiger partial charge on any atom is -0.386 e. The van der Waals surface area contributed by atoms with Gasteiger partial charge in [-0.1, -0.05) is 0 Å². The van der Waals surface area contributed by atoms with Crippen LogP contribution < -0.4 is 10.7 Å². The lowest BCUT2D eigenvalue weighted by Crippen LogP contribution is -1.98. The standard InChI is InChI=1S/C14H12I2N4O2/c1-17-14-12(15)6-9(7-13(14)16)8-18-19-10-2-4-11(5-3-10)20(21)22/h2-8,17,19H,1H3/b18-8-. The molecule has 2 aromatic rings. The minimum absolute atomic E-state index is 0.0568. The zero-order valence-corrected chi connectivity index (χ0v) is 15.8. The Morgan fingerprint density at radius 2 is 1.77 bits per heavy atom. The molecule has 0 unspecified atom stereocenters. The lowest BCUT2D eigenvalue weighted by molar-refractivity contribution is -0.384. The van der Waals surface area contributed by atoms with E-state index in [-0.39, 0.29) is 5.69 Å². The number of hydrazone groups is 1. The van der Waals surface area contributed by atoms with E-state index in [1.807, 2.05) is 19.2 Å². The van der Waals surface area contributed by atoms with Crippen molar-refractivity contribution in [3.63, 3.8) is 0 Å². The quantitative estimate of drug-likeness (QED) is 0.266. The number of rotatable bonds is 5. The van der Waals surface area contributed by atoms with Crippen LogP contribution in [0.15, 0.2) is 41.5 Å². The largest absolute Gasteiger partial charge is 0.386 e. The molecule has 0 aliphatic heterocycles. The van der Waals surface area contributed by atoms with Crippen LogP contribution in [-0.2, 0) is 0 Å². The summed E-state index contributed by atoms with van der Waals surface area (Å²) in [6, 6.07) is 10.2. The number of nitrogens with zero attached hydrogens (tertiary/aromatic N) is 2. The molecule has 0 bridgehead atoms. The maximum absolute atomic E-state index is 10.6. The Bertz CT molecular complexity index is 694. The van der Waals surface area contributed by atoms with Gasteiger partial charge in [-0.3, -0.25) is 15.5 Å². The third-order valence-electron chi connectivity index (χ3n) is 2.80. The van der Waals surface area contributed by atoms with Crippen LogP contribution in [0.4, 0.5) is 17.1 Å². The Morgan fingerprint density at radius 1 is 1.18 bits per heavy atom. The molecule has 0 amide bonds. The zero-order chi connectivity index (χ0) is 16.1. The molecule has 0 aromatic heterocycles. The van der Waals surface area contributed by atoms with Crippen molar-refractivity contribution in [1.29, 1.82) is 0 Å². The van der Waals surface area contributed by atoms with Crippen molar-refractivity contribution in [3.05, 3.63) is 59.2 Å². The Hall–Kier alpha value is -1.43. The van der Waals surface area contributed by atoms with Crippen molar-refractivity contribution in [2.45, 2.75) is 0 Å². The van der Waals surface area contributed by atoms with Crippen molar-refractivity contribution in [3.8, 4) is 0 Å². The van der Waals surface area contributed by atoms with Gasteiger partial charge in [0.15, 0.2) is 0 Å². The third-order valence-corrected chi connectivity index (χ3v) is 4.50. The predicted octanol–water partition coefficient (Wildman–Crippen LogP) is 4.29. The number of nitro benzene ring substituents is 1. The van der Waals surface area contributed by atoms with E-state index < -0.39 is 4.92 Å². The fourth-order valence-corrected chi connectivity index (χ4v) is 4.10. The molecule has 0 saturated heterocycles. The first-order valence-corrected chi connectivity index (χ1v) is 8.37. The van der Waals surface area contributed by atoms with E-state index in [0.29, 0.717) is 5.69 Å². The minimum atomic E-state index is -0.430. The van der Waals surface area contributed by atoms with Crippen LogP contribution in [0.3, 0.4) is 0 Å². The summed E-state index contributed by atoms with van der Waals surface area (Å²) >= 11 is 4.54. The number of nitrogens with one attached hydrogen (secondary N) is 2. The van der Waals surface area contributed by atoms with E-state index in [1.54, 1.807) is 18.3 Å². The van der Waals surface area contributed by atoms with Gasteiger partial charge in [0, 0.05) is 26.3 Å². The van der Waals surface area contributed by atoms with Crippen LogP contribution >= 0.6 is 45.2 Å². The number of halogens is 2. The van der Waals surface area contributed by atoms with Crippen molar-refractivity contribution in [2.75, 3.05) is 17.8 Å². The Labute approximate surface area is 154 Å². The van der Waals surface area contributed by atoms with Gasteiger partial charge >= 0.3 is 0 Å². The molecule has 2 rings (SSSR count). The topological polar surface area (TPSA) is 79.6 Å². The molecule has 0 spiro atoms. The van der Waals surface area contributed by atoms with Gasteiger partial charge in [0.05, 0.1) is 22.5 Å². The number of hydrogen-bond donors (Lipinski definition) is 2. The van der Waals surface area contributed by atoms with Gasteiger partial charge in [0.2, 0.25) is 0 Å². The van der Waals surface area contributed by atoms with Crippen LogP contribution in [-0.4, -0.2) is 18.2 Å². The summed E-state index contributed by atoms with van der Waals surface area (Å²) in [5.74, 6) is 0. The first-order chi connectivity index (χ1) is 10.5. The van der Waals surface area contributed by atoms with Crippen molar-refractivity contribution in [2.24, 2.45) is 5.10 Å². The van der Waals surface area contributed by atoms with Gasteiger partial charge in [-0.2, -0.15) is 5.10 Å². The fourth-order valence-electron chi connectivity index (χ4n) is 1.75. The number of hydrogen-bond acceptors (Lipinski definition) is 5. The Morgan fingerprint density at radius 3 is 2.27 bits per heavy atom. The summed E-state index contributed by atoms with van der Waals surface area (Å²) in [5.41, 5.74) is 5.68. The Balaban J connectivity index is 2.08. The monoisotopic (exact) mass is 522 g/mol. The fraction of sp³-hybridized carbons (Fsp3) is 0.0714. The zero-order valence-electron chi connectivity index (χ0n) is 11.5. The van der Waals surface area contributed by atoms with Crippen molar-refractivity contribution >= 4 is 68.5 Å². The van der Waals surface area contributed by atoms with Crippen molar-refractivity contribution in [1.82, 2.24) is 0 Å². The second kappa shape index (κ2) is 7.72. The number of anilines is 2. The van der Waals surface area contributed by atoms with E-state index in [2.05, 4.69) is 61.0 Å². The summed E-state index contributed by atoms with van der Waals surface area (Å²) in [7, 11) is 1.89. The molecule has 0 fully saturated rings. The molecular weight excluding hydrogens is 510 g/mol. The highest BCUT2D eigenvalue weighted by Gasteiger charge is 2.05. The van der Waals surface area contributed by atoms with Gasteiger partial charge in [0.25, 0.3) is 5.69 Å². The van der Waals surface area contributed by atoms with E-state index in [4.69, 9.17) is 0 Å². The molecule has 0 aliphatic carbocycles. The second-order valence-corrected chi connectivity index (χ2v) is 6.61. The van der Waals surface area contributed by atoms with Crippen LogP contribution in [0.2, 0.25) is 0 Å². The van der Waals surface area contributed by atoms with Crippen LogP contribution in [0.1, 0.15) is 5.56 Å². The van der Waals surface area contributed by atoms with Gasteiger partial charge in [-0.25, -0.2) is 0 Å². The van der Waals surface area contributed by atoms with E-state index >= 15 is 0 Å². The summed E-state index contributed by atoms with van der Waals surface area (Å²) in [4.78, 5) is 10.1. The highest BCUT2D eigenvalue weighted by atomic mass is 127. The molecule has 2 aromatic carbocycles. The third kappa shape index (κ3) is 4.29. The molecule has 0 saturated carbocycles. The SMILES string of the molecule is CNc1c(I)cc(/C=N\Nc2ccc([N+](=O)[O-])cc2)cc1I. The van der Waals surface area contributed by atoms with E-state index in [9.17, 15) is 10.1 Å². The van der Waals surface area contributed by atoms with Crippen LogP contribution in [0.5, 0.6) is 0 Å². The maximum atomic E-state index is 10.6. The maximum Gasteiger partial charge on any atom is 0.269 e. The van der Waals surface area contributed by atoms with E-state index in [1.165, 1.54) is 12.1 Å². The molecular formula is C14H12I2N4O2. The van der Waals surface area contributed by atoms with Gasteiger partial charge in [-0.05, 0) is 75.0 Å². The molecule has 6 nitrogen and oxygen atoms in total. The predicted molar refractivity (Wildman–Crippen MR) is 106 cm³/mol. The number of benzene rings is 2. The first kappa shape index (κ1) is 16.9. The normalized spacial score (nSPS) is 10.7. The molecule has 2 N–H and O–H groups in total. The summed E-state index contributed by atoms with van der Waals surface area (Å²) in [6.45, 7) is 0. The summed E-state index contributed by atoms with van der Waals surface area (Å²) < 4.78 is 2.23. The molecule has 0 aliphatic rings. The Kier molecular flexibility index (Phi) is 5.94. The number of nitro groups is 1. The van der Waals surface area contributed by atoms with E-state index in [0.717, 1.165) is 18.4 Å². The summed E-state index contributed by atoms with van der Waals surface area (Å²) in [6.07, 6.45) is 1.71. The lowest BCUT2D eigenvalue weighted by atomic mass is 10.2. The average molecular weight is 522 g/mol. The number of non-ortho nitro benzene ring substituents is 1. The smallest absolute Gasteiger partial charge is 0.269 e. The second-order valence-electron chi connectivity index (χ2n) is 4.28. The van der Waals surface area contributed by atoms with Crippen LogP contribution in [0.25, 0.3) is 0 Å². The van der Waals surface area contributed by atoms with Crippen molar-refractivity contribution < 1.29 is 4.92 Å². The molecule has 114 valence electrons. The summed E-state index contributed by atoms with van der Waals surface area (Å²) in [5, 5.41) is 17.9. The molecule has 22 heavy (non-hydrogen) atoms. The average Bonchev–Trinajstić information content (AvgIpc) is 2.47. The van der Waals surface area contributed by atoms with Gasteiger partial charge in [-0.15, -0.1) is 0 Å².